The van der Waals surface area contributed by atoms with E-state index in [1.807, 2.05) is 43.3 Å². The first kappa shape index (κ1) is 21.6. The topological polar surface area (TPSA) is 92.8 Å². The van der Waals surface area contributed by atoms with Crippen LogP contribution in [0.2, 0.25) is 0 Å². The van der Waals surface area contributed by atoms with Crippen LogP contribution in [0.4, 0.5) is 11.5 Å². The summed E-state index contributed by atoms with van der Waals surface area (Å²) in [5.41, 5.74) is 10.8. The van der Waals surface area contributed by atoms with Gasteiger partial charge in [-0.2, -0.15) is 0 Å². The number of aryl methyl sites for hydroxylation is 1. The summed E-state index contributed by atoms with van der Waals surface area (Å²) in [4.78, 5) is 24.9. The molecule has 1 aliphatic heterocycles. The molecule has 1 saturated carbocycles. The molecular weight excluding hydrogens is 434 g/mol. The minimum absolute atomic E-state index is 0.0210. The van der Waals surface area contributed by atoms with Crippen LogP contribution in [0.3, 0.4) is 0 Å². The third kappa shape index (κ3) is 5.07. The molecule has 2 fully saturated rings. The number of anilines is 1. The summed E-state index contributed by atoms with van der Waals surface area (Å²) in [6.07, 6.45) is 5.59. The van der Waals surface area contributed by atoms with E-state index in [4.69, 9.17) is 15.5 Å². The highest BCUT2D eigenvalue weighted by atomic mass is 32.1. The lowest BCUT2D eigenvalue weighted by atomic mass is 10.1. The Labute approximate surface area is 197 Å². The van der Waals surface area contributed by atoms with Crippen LogP contribution in [0.15, 0.2) is 47.5 Å². The minimum atomic E-state index is -0.0210. The Kier molecular flexibility index (Phi) is 6.11. The molecule has 0 spiro atoms. The Bertz CT molecular complexity index is 1240. The number of allylic oxidation sites excluding steroid dienone is 1. The summed E-state index contributed by atoms with van der Waals surface area (Å²) < 4.78 is 6.54. The number of hydrogen-bond acceptors (Lipinski definition) is 7. The van der Waals surface area contributed by atoms with Crippen molar-refractivity contribution in [1.82, 2.24) is 10.3 Å². The van der Waals surface area contributed by atoms with Gasteiger partial charge in [-0.25, -0.2) is 9.98 Å². The zero-order valence-electron chi connectivity index (χ0n) is 18.6. The lowest BCUT2D eigenvalue weighted by Crippen LogP contribution is -2.36. The molecule has 3 aromatic rings. The SMILES string of the molecule is Cc1cccc(/C(N)=C/C=Nc2cc(N3CCOCC3)c3sc(C(=O)NC4CC4)cc3n2)c1. The predicted molar refractivity (Wildman–Crippen MR) is 135 cm³/mol. The first-order chi connectivity index (χ1) is 16.1. The van der Waals surface area contributed by atoms with Crippen molar-refractivity contribution in [3.05, 3.63) is 58.5 Å². The van der Waals surface area contributed by atoms with Gasteiger partial charge in [0.2, 0.25) is 0 Å². The molecule has 3 N–H and O–H groups in total. The fourth-order valence-electron chi connectivity index (χ4n) is 3.81. The Hall–Kier alpha value is -3.23. The highest BCUT2D eigenvalue weighted by Gasteiger charge is 2.25. The Morgan fingerprint density at radius 1 is 1.27 bits per heavy atom. The van der Waals surface area contributed by atoms with Crippen LogP contribution >= 0.6 is 11.3 Å². The summed E-state index contributed by atoms with van der Waals surface area (Å²) in [7, 11) is 0. The third-order valence-electron chi connectivity index (χ3n) is 5.75. The number of hydrogen-bond donors (Lipinski definition) is 2. The highest BCUT2D eigenvalue weighted by molar-refractivity contribution is 7.21. The van der Waals surface area contributed by atoms with Gasteiger partial charge in [-0.15, -0.1) is 11.3 Å². The smallest absolute Gasteiger partial charge is 0.261 e. The number of rotatable bonds is 6. The molecule has 170 valence electrons. The van der Waals surface area contributed by atoms with E-state index in [2.05, 4.69) is 15.2 Å². The number of aliphatic imine (C=N–C) groups is 1. The number of benzene rings is 1. The highest BCUT2D eigenvalue weighted by Crippen LogP contribution is 2.36. The second-order valence-electron chi connectivity index (χ2n) is 8.44. The zero-order chi connectivity index (χ0) is 22.8. The number of thiophene rings is 1. The third-order valence-corrected chi connectivity index (χ3v) is 6.89. The molecule has 7 nitrogen and oxygen atoms in total. The largest absolute Gasteiger partial charge is 0.398 e. The second kappa shape index (κ2) is 9.33. The van der Waals surface area contributed by atoms with Crippen LogP contribution in [-0.4, -0.2) is 49.5 Å². The van der Waals surface area contributed by atoms with Crippen molar-refractivity contribution in [3.63, 3.8) is 0 Å². The van der Waals surface area contributed by atoms with Gasteiger partial charge < -0.3 is 20.7 Å². The number of carbonyl (C=O) groups excluding carboxylic acids is 1. The van der Waals surface area contributed by atoms with Crippen molar-refractivity contribution in [2.45, 2.75) is 25.8 Å². The van der Waals surface area contributed by atoms with Gasteiger partial charge in [0.25, 0.3) is 5.91 Å². The van der Waals surface area contributed by atoms with E-state index in [0.717, 1.165) is 53.0 Å². The first-order valence-electron chi connectivity index (χ1n) is 11.2. The molecule has 0 radical (unpaired) electrons. The number of ether oxygens (including phenoxy) is 1. The van der Waals surface area contributed by atoms with Crippen molar-refractivity contribution < 1.29 is 9.53 Å². The maximum Gasteiger partial charge on any atom is 0.261 e. The molecule has 0 bridgehead atoms. The maximum absolute atomic E-state index is 12.6. The van der Waals surface area contributed by atoms with Crippen LogP contribution < -0.4 is 16.0 Å². The van der Waals surface area contributed by atoms with Crippen molar-refractivity contribution in [2.75, 3.05) is 31.2 Å². The van der Waals surface area contributed by atoms with Crippen LogP contribution in [0, 0.1) is 6.92 Å². The normalized spacial score (nSPS) is 17.1. The molecule has 2 aromatic heterocycles. The van der Waals surface area contributed by atoms with Crippen molar-refractivity contribution in [1.29, 1.82) is 0 Å². The van der Waals surface area contributed by atoms with E-state index in [1.165, 1.54) is 11.3 Å². The van der Waals surface area contributed by atoms with Crippen molar-refractivity contribution >= 4 is 50.9 Å². The Balaban J connectivity index is 1.46. The van der Waals surface area contributed by atoms with Crippen LogP contribution in [0.1, 0.15) is 33.6 Å². The monoisotopic (exact) mass is 461 g/mol. The van der Waals surface area contributed by atoms with Crippen LogP contribution in [0.25, 0.3) is 15.9 Å². The number of carbonyl (C=O) groups is 1. The van der Waals surface area contributed by atoms with Gasteiger partial charge in [-0.3, -0.25) is 4.79 Å². The zero-order valence-corrected chi connectivity index (χ0v) is 19.4. The van der Waals surface area contributed by atoms with E-state index in [-0.39, 0.29) is 5.91 Å². The lowest BCUT2D eigenvalue weighted by Gasteiger charge is -2.29. The number of aromatic nitrogens is 1. The number of morpholine rings is 1. The predicted octanol–water partition coefficient (Wildman–Crippen LogP) is 4.04. The molecule has 8 heteroatoms. The minimum Gasteiger partial charge on any atom is -0.398 e. The van der Waals surface area contributed by atoms with E-state index < -0.39 is 0 Å². The molecule has 1 amide bonds. The summed E-state index contributed by atoms with van der Waals surface area (Å²) in [5.74, 6) is 0.566. The Morgan fingerprint density at radius 2 is 2.09 bits per heavy atom. The first-order valence-corrected chi connectivity index (χ1v) is 12.0. The molecule has 5 rings (SSSR count). The van der Waals surface area contributed by atoms with Gasteiger partial charge in [-0.1, -0.05) is 23.8 Å². The molecule has 1 aliphatic carbocycles. The fraction of sp³-hybridized carbons (Fsp3) is 0.320. The molecule has 1 aromatic carbocycles. The average Bonchev–Trinajstić information content (AvgIpc) is 3.53. The number of amides is 1. The van der Waals surface area contributed by atoms with E-state index in [9.17, 15) is 4.79 Å². The Morgan fingerprint density at radius 3 is 2.85 bits per heavy atom. The molecule has 2 aliphatic rings. The van der Waals surface area contributed by atoms with E-state index >= 15 is 0 Å². The molecule has 3 heterocycles. The number of nitrogens with two attached hydrogens (primary N) is 1. The number of fused-ring (bicyclic) bond motifs is 1. The van der Waals surface area contributed by atoms with Crippen molar-refractivity contribution in [2.24, 2.45) is 10.7 Å². The van der Waals surface area contributed by atoms with Gasteiger partial charge >= 0.3 is 0 Å². The second-order valence-corrected chi connectivity index (χ2v) is 9.49. The molecule has 33 heavy (non-hydrogen) atoms. The molecule has 1 saturated heterocycles. The molecular formula is C25H27N5O2S. The number of nitrogens with zero attached hydrogens (tertiary/aromatic N) is 3. The van der Waals surface area contributed by atoms with Gasteiger partial charge in [0.1, 0.15) is 0 Å². The summed E-state index contributed by atoms with van der Waals surface area (Å²) in [6.45, 7) is 4.99. The standard InChI is InChI=1S/C25H27N5O2S/c1-16-3-2-4-17(13-16)19(26)7-8-27-23-15-21(30-9-11-32-12-10-30)24-20(29-23)14-22(33-24)25(31)28-18-5-6-18/h2-4,7-8,13-15,18H,5-6,9-12,26H2,1H3,(H,28,31)/b19-7-,27-8?. The van der Waals surface area contributed by atoms with Crippen LogP contribution in [0.5, 0.6) is 0 Å². The molecule has 0 unspecified atom stereocenters. The lowest BCUT2D eigenvalue weighted by molar-refractivity contribution is 0.0955. The number of nitrogens with one attached hydrogen (secondary N) is 1. The van der Waals surface area contributed by atoms with Gasteiger partial charge in [0.05, 0.1) is 34.0 Å². The quantitative estimate of drug-likeness (QED) is 0.541. The van der Waals surface area contributed by atoms with Crippen molar-refractivity contribution in [3.8, 4) is 0 Å². The number of pyridine rings is 1. The summed E-state index contributed by atoms with van der Waals surface area (Å²) in [5, 5.41) is 3.07. The van der Waals surface area contributed by atoms with Gasteiger partial charge in [-0.05, 0) is 43.5 Å². The summed E-state index contributed by atoms with van der Waals surface area (Å²) in [6, 6.07) is 12.2. The van der Waals surface area contributed by atoms with Gasteiger partial charge in [0, 0.05) is 37.1 Å². The van der Waals surface area contributed by atoms with Crippen LogP contribution in [-0.2, 0) is 4.74 Å². The molecule has 0 atom stereocenters. The van der Waals surface area contributed by atoms with E-state index in [0.29, 0.717) is 35.6 Å². The fourth-order valence-corrected chi connectivity index (χ4v) is 4.85. The van der Waals surface area contributed by atoms with Gasteiger partial charge in [0.15, 0.2) is 5.82 Å². The average molecular weight is 462 g/mol. The summed E-state index contributed by atoms with van der Waals surface area (Å²) >= 11 is 1.49. The van der Waals surface area contributed by atoms with E-state index in [1.54, 1.807) is 12.3 Å². The maximum atomic E-state index is 12.6.